The SMILES string of the molecule is CC(c1ccccc1)[C@@]1(O)CC[C@@]2(C)[C@@H](CC[C@@H]3[C@@H]2CC[C@]2(C)C(=O)CC[C@@H]32)C1. The number of hydrogen-bond donors (Lipinski definition) is 1. The van der Waals surface area contributed by atoms with Crippen LogP contribution in [0, 0.1) is 34.5 Å². The van der Waals surface area contributed by atoms with E-state index in [0.29, 0.717) is 23.0 Å². The van der Waals surface area contributed by atoms with E-state index < -0.39 is 5.60 Å². The van der Waals surface area contributed by atoms with Gasteiger partial charge in [-0.15, -0.1) is 0 Å². The van der Waals surface area contributed by atoms with Gasteiger partial charge in [-0.05, 0) is 86.0 Å². The number of Topliss-reactive ketones (excluding diaryl/α,β-unsaturated/α-hetero) is 1. The molecule has 29 heavy (non-hydrogen) atoms. The molecule has 0 spiro atoms. The van der Waals surface area contributed by atoms with Crippen LogP contribution in [-0.2, 0) is 4.79 Å². The molecule has 2 nitrogen and oxygen atoms in total. The smallest absolute Gasteiger partial charge is 0.139 e. The van der Waals surface area contributed by atoms with Crippen LogP contribution in [0.4, 0.5) is 0 Å². The minimum absolute atomic E-state index is 0.0262. The third-order valence-corrected chi connectivity index (χ3v) is 10.6. The molecule has 5 rings (SSSR count). The van der Waals surface area contributed by atoms with Crippen molar-refractivity contribution in [2.45, 2.75) is 90.1 Å². The van der Waals surface area contributed by atoms with Crippen molar-refractivity contribution in [3.8, 4) is 0 Å². The fourth-order valence-corrected chi connectivity index (χ4v) is 8.49. The lowest BCUT2D eigenvalue weighted by atomic mass is 9.44. The van der Waals surface area contributed by atoms with Crippen molar-refractivity contribution in [1.29, 1.82) is 0 Å². The Morgan fingerprint density at radius 3 is 2.48 bits per heavy atom. The van der Waals surface area contributed by atoms with Gasteiger partial charge in [-0.2, -0.15) is 0 Å². The van der Waals surface area contributed by atoms with Gasteiger partial charge in [-0.3, -0.25) is 4.79 Å². The molecule has 4 aliphatic carbocycles. The maximum Gasteiger partial charge on any atom is 0.139 e. The topological polar surface area (TPSA) is 37.3 Å². The lowest BCUT2D eigenvalue weighted by Gasteiger charge is -2.62. The normalized spacial score (nSPS) is 47.8. The van der Waals surface area contributed by atoms with Gasteiger partial charge < -0.3 is 5.11 Å². The lowest BCUT2D eigenvalue weighted by Crippen LogP contribution is -2.56. The molecule has 1 aromatic carbocycles. The fourth-order valence-electron chi connectivity index (χ4n) is 8.49. The molecule has 1 unspecified atom stereocenters. The maximum absolute atomic E-state index is 12.6. The van der Waals surface area contributed by atoms with Crippen molar-refractivity contribution in [3.63, 3.8) is 0 Å². The van der Waals surface area contributed by atoms with Crippen molar-refractivity contribution in [3.05, 3.63) is 35.9 Å². The van der Waals surface area contributed by atoms with Crippen molar-refractivity contribution < 1.29 is 9.90 Å². The molecule has 0 heterocycles. The zero-order valence-electron chi connectivity index (χ0n) is 18.5. The highest BCUT2D eigenvalue weighted by Crippen LogP contribution is 2.66. The third-order valence-electron chi connectivity index (χ3n) is 10.6. The molecular weight excluding hydrogens is 356 g/mol. The summed E-state index contributed by atoms with van der Waals surface area (Å²) in [6, 6.07) is 10.6. The monoisotopic (exact) mass is 394 g/mol. The second kappa shape index (κ2) is 6.67. The van der Waals surface area contributed by atoms with E-state index in [2.05, 4.69) is 51.1 Å². The van der Waals surface area contributed by atoms with Gasteiger partial charge in [0.2, 0.25) is 0 Å². The molecule has 0 aromatic heterocycles. The summed E-state index contributed by atoms with van der Waals surface area (Å²) in [7, 11) is 0. The van der Waals surface area contributed by atoms with Gasteiger partial charge in [0.05, 0.1) is 5.60 Å². The Hall–Kier alpha value is -1.15. The fraction of sp³-hybridized carbons (Fsp3) is 0.741. The predicted molar refractivity (Wildman–Crippen MR) is 117 cm³/mol. The molecule has 1 N–H and O–H groups in total. The molecule has 1 aromatic rings. The van der Waals surface area contributed by atoms with Gasteiger partial charge in [0, 0.05) is 17.8 Å². The number of aliphatic hydroxyl groups is 1. The van der Waals surface area contributed by atoms with Gasteiger partial charge >= 0.3 is 0 Å². The Morgan fingerprint density at radius 2 is 1.72 bits per heavy atom. The first kappa shape index (κ1) is 19.8. The largest absolute Gasteiger partial charge is 0.389 e. The summed E-state index contributed by atoms with van der Waals surface area (Å²) in [4.78, 5) is 12.6. The highest BCUT2D eigenvalue weighted by molar-refractivity contribution is 5.87. The first-order chi connectivity index (χ1) is 13.8. The summed E-state index contributed by atoms with van der Waals surface area (Å²) in [6.45, 7) is 7.04. The Labute approximate surface area is 176 Å². The van der Waals surface area contributed by atoms with Gasteiger partial charge in [0.25, 0.3) is 0 Å². The van der Waals surface area contributed by atoms with Crippen LogP contribution in [0.2, 0.25) is 0 Å². The highest BCUT2D eigenvalue weighted by atomic mass is 16.3. The third kappa shape index (κ3) is 2.81. The highest BCUT2D eigenvalue weighted by Gasteiger charge is 2.61. The minimum Gasteiger partial charge on any atom is -0.389 e. The summed E-state index contributed by atoms with van der Waals surface area (Å²) in [5, 5.41) is 11.7. The molecular formula is C27H38O2. The molecule has 4 fully saturated rings. The van der Waals surface area contributed by atoms with Crippen LogP contribution in [0.1, 0.15) is 90.0 Å². The standard InChI is InChI=1S/C27H38O2/c1-18(19-7-5-4-6-8-19)27(29)16-15-25(2)20(17-27)9-10-21-22-11-12-24(28)26(22,3)14-13-23(21)25/h4-8,18,20-23,29H,9-17H2,1-3H3/t18?,20-,21-,22-,23-,25-,26-,27+/m0/s1. The molecule has 0 aliphatic heterocycles. The van der Waals surface area contributed by atoms with Crippen LogP contribution in [0.25, 0.3) is 0 Å². The molecule has 158 valence electrons. The summed E-state index contributed by atoms with van der Waals surface area (Å²) in [5.41, 5.74) is 1.01. The second-order valence-electron chi connectivity index (χ2n) is 11.5. The number of rotatable bonds is 2. The Bertz CT molecular complexity index is 787. The van der Waals surface area contributed by atoms with Crippen molar-refractivity contribution in [2.75, 3.05) is 0 Å². The first-order valence-corrected chi connectivity index (χ1v) is 12.1. The van der Waals surface area contributed by atoms with Crippen LogP contribution in [0.3, 0.4) is 0 Å². The van der Waals surface area contributed by atoms with Crippen LogP contribution in [0.15, 0.2) is 30.3 Å². The van der Waals surface area contributed by atoms with Gasteiger partial charge in [0.1, 0.15) is 5.78 Å². The van der Waals surface area contributed by atoms with Gasteiger partial charge in [-0.25, -0.2) is 0 Å². The van der Waals surface area contributed by atoms with Crippen LogP contribution < -0.4 is 0 Å². The molecule has 4 saturated carbocycles. The van der Waals surface area contributed by atoms with Crippen molar-refractivity contribution in [2.24, 2.45) is 34.5 Å². The van der Waals surface area contributed by atoms with E-state index in [1.54, 1.807) is 0 Å². The van der Waals surface area contributed by atoms with Crippen molar-refractivity contribution in [1.82, 2.24) is 0 Å². The minimum atomic E-state index is -0.578. The number of ketones is 1. The predicted octanol–water partition coefficient (Wildman–Crippen LogP) is 6.13. The molecule has 8 atom stereocenters. The summed E-state index contributed by atoms with van der Waals surface area (Å²) in [5.74, 6) is 3.46. The zero-order chi connectivity index (χ0) is 20.4. The first-order valence-electron chi connectivity index (χ1n) is 12.1. The summed E-state index contributed by atoms with van der Waals surface area (Å²) in [6.07, 6.45) is 9.79. The van der Waals surface area contributed by atoms with Crippen LogP contribution >= 0.6 is 0 Å². The van der Waals surface area contributed by atoms with Crippen LogP contribution in [-0.4, -0.2) is 16.5 Å². The Kier molecular flexibility index (Phi) is 4.55. The van der Waals surface area contributed by atoms with Crippen LogP contribution in [0.5, 0.6) is 0 Å². The summed E-state index contributed by atoms with van der Waals surface area (Å²) >= 11 is 0. The molecule has 0 amide bonds. The zero-order valence-corrected chi connectivity index (χ0v) is 18.5. The molecule has 4 aliphatic rings. The number of fused-ring (bicyclic) bond motifs is 5. The Balaban J connectivity index is 1.38. The van der Waals surface area contributed by atoms with Gasteiger partial charge in [-0.1, -0.05) is 51.1 Å². The molecule has 0 saturated heterocycles. The van der Waals surface area contributed by atoms with Crippen molar-refractivity contribution >= 4 is 5.78 Å². The molecule has 0 radical (unpaired) electrons. The van der Waals surface area contributed by atoms with E-state index in [-0.39, 0.29) is 11.3 Å². The van der Waals surface area contributed by atoms with E-state index in [1.165, 1.54) is 24.8 Å². The number of carbonyl (C=O) groups is 1. The molecule has 0 bridgehead atoms. The Morgan fingerprint density at radius 1 is 0.966 bits per heavy atom. The number of hydrogen-bond acceptors (Lipinski definition) is 2. The molecule has 2 heteroatoms. The average molecular weight is 395 g/mol. The number of carbonyl (C=O) groups excluding carboxylic acids is 1. The second-order valence-corrected chi connectivity index (χ2v) is 11.5. The quantitative estimate of drug-likeness (QED) is 0.655. The summed E-state index contributed by atoms with van der Waals surface area (Å²) < 4.78 is 0. The van der Waals surface area contributed by atoms with E-state index in [1.807, 2.05) is 0 Å². The average Bonchev–Trinajstić information content (AvgIpc) is 3.03. The van der Waals surface area contributed by atoms with Gasteiger partial charge in [0.15, 0.2) is 0 Å². The lowest BCUT2D eigenvalue weighted by molar-refractivity contribution is -0.157. The van der Waals surface area contributed by atoms with E-state index >= 15 is 0 Å². The van der Waals surface area contributed by atoms with E-state index in [9.17, 15) is 9.90 Å². The maximum atomic E-state index is 12.6. The number of benzene rings is 1. The van der Waals surface area contributed by atoms with E-state index in [4.69, 9.17) is 0 Å². The van der Waals surface area contributed by atoms with E-state index in [0.717, 1.165) is 50.4 Å².